The number of likely N-dealkylation sites (N-methyl/N-ethyl adjacent to an activating group) is 1. The average Bonchev–Trinajstić information content (AvgIpc) is 2.45. The topological polar surface area (TPSA) is 29.3 Å². The van der Waals surface area contributed by atoms with Crippen LogP contribution in [0.3, 0.4) is 0 Å². The second-order valence-electron chi connectivity index (χ2n) is 5.02. The Labute approximate surface area is 124 Å². The van der Waals surface area contributed by atoms with Crippen LogP contribution >= 0.6 is 0 Å². The molecule has 0 saturated heterocycles. The second-order valence-corrected chi connectivity index (χ2v) is 5.02. The van der Waals surface area contributed by atoms with Gasteiger partial charge in [-0.1, -0.05) is 12.1 Å². The molecule has 1 atom stereocenters. The van der Waals surface area contributed by atoms with Crippen molar-refractivity contribution in [3.05, 3.63) is 65.2 Å². The van der Waals surface area contributed by atoms with Gasteiger partial charge in [0.25, 0.3) is 0 Å². The molecular formula is C17H20F2N2. The molecule has 112 valence electrons. The van der Waals surface area contributed by atoms with Gasteiger partial charge in [0.2, 0.25) is 0 Å². The number of nitrogens with zero attached hydrogens (tertiary/aromatic N) is 1. The van der Waals surface area contributed by atoms with Crippen molar-refractivity contribution in [2.24, 2.45) is 5.73 Å². The van der Waals surface area contributed by atoms with E-state index >= 15 is 0 Å². The van der Waals surface area contributed by atoms with E-state index in [1.165, 1.54) is 24.3 Å². The summed E-state index contributed by atoms with van der Waals surface area (Å²) in [5.74, 6) is -0.543. The van der Waals surface area contributed by atoms with Crippen LogP contribution in [0.2, 0.25) is 0 Å². The molecule has 21 heavy (non-hydrogen) atoms. The zero-order valence-electron chi connectivity index (χ0n) is 12.3. The van der Waals surface area contributed by atoms with Crippen LogP contribution in [0.25, 0.3) is 0 Å². The molecule has 0 spiro atoms. The van der Waals surface area contributed by atoms with Crippen LogP contribution in [0, 0.1) is 18.6 Å². The summed E-state index contributed by atoms with van der Waals surface area (Å²) >= 11 is 0. The molecule has 0 fully saturated rings. The Kier molecular flexibility index (Phi) is 4.91. The fourth-order valence-corrected chi connectivity index (χ4v) is 2.67. The predicted molar refractivity (Wildman–Crippen MR) is 82.4 cm³/mol. The lowest BCUT2D eigenvalue weighted by molar-refractivity contribution is 0.608. The van der Waals surface area contributed by atoms with Crippen LogP contribution < -0.4 is 10.6 Å². The zero-order chi connectivity index (χ0) is 15.4. The number of aryl methyl sites for hydroxylation is 1. The molecule has 2 nitrogen and oxygen atoms in total. The molecule has 0 aliphatic heterocycles. The van der Waals surface area contributed by atoms with Crippen molar-refractivity contribution >= 4 is 5.69 Å². The number of anilines is 1. The van der Waals surface area contributed by atoms with Gasteiger partial charge < -0.3 is 10.6 Å². The molecule has 2 aromatic carbocycles. The van der Waals surface area contributed by atoms with Gasteiger partial charge in [-0.25, -0.2) is 8.78 Å². The third-order valence-corrected chi connectivity index (χ3v) is 3.67. The zero-order valence-corrected chi connectivity index (χ0v) is 12.3. The van der Waals surface area contributed by atoms with Gasteiger partial charge in [0.15, 0.2) is 0 Å². The summed E-state index contributed by atoms with van der Waals surface area (Å²) in [4.78, 5) is 2.03. The van der Waals surface area contributed by atoms with E-state index in [9.17, 15) is 8.78 Å². The van der Waals surface area contributed by atoms with E-state index in [1.54, 1.807) is 12.1 Å². The van der Waals surface area contributed by atoms with Crippen molar-refractivity contribution in [2.45, 2.75) is 19.9 Å². The Bertz CT molecular complexity index is 613. The van der Waals surface area contributed by atoms with Crippen LogP contribution in [-0.4, -0.2) is 13.1 Å². The summed E-state index contributed by atoms with van der Waals surface area (Å²) in [6, 6.07) is 11.0. The summed E-state index contributed by atoms with van der Waals surface area (Å²) in [5.41, 5.74) is 8.52. The molecule has 0 bridgehead atoms. The Hall–Kier alpha value is -1.94. The molecule has 4 heteroatoms. The van der Waals surface area contributed by atoms with Gasteiger partial charge >= 0.3 is 0 Å². The number of benzene rings is 2. The molecule has 1 unspecified atom stereocenters. The van der Waals surface area contributed by atoms with Crippen molar-refractivity contribution in [2.75, 3.05) is 18.0 Å². The van der Waals surface area contributed by atoms with Gasteiger partial charge in [-0.15, -0.1) is 0 Å². The van der Waals surface area contributed by atoms with Crippen LogP contribution in [0.1, 0.15) is 24.1 Å². The third kappa shape index (κ3) is 3.39. The summed E-state index contributed by atoms with van der Waals surface area (Å²) in [7, 11) is 0. The largest absolute Gasteiger partial charge is 0.363 e. The molecule has 0 aliphatic carbocycles. The lowest BCUT2D eigenvalue weighted by atomic mass is 9.99. The summed E-state index contributed by atoms with van der Waals surface area (Å²) < 4.78 is 26.7. The van der Waals surface area contributed by atoms with E-state index in [0.29, 0.717) is 13.1 Å². The fraction of sp³-hybridized carbons (Fsp3) is 0.294. The lowest BCUT2D eigenvalue weighted by Gasteiger charge is -2.33. The minimum Gasteiger partial charge on any atom is -0.363 e. The Morgan fingerprint density at radius 2 is 1.81 bits per heavy atom. The molecule has 0 radical (unpaired) electrons. The highest BCUT2D eigenvalue weighted by Crippen LogP contribution is 2.29. The number of hydrogen-bond donors (Lipinski definition) is 1. The highest BCUT2D eigenvalue weighted by atomic mass is 19.1. The van der Waals surface area contributed by atoms with E-state index in [1.807, 2.05) is 24.8 Å². The standard InChI is InChI=1S/C17H20F2N2/c1-3-21(15-6-4-5-13(18)10-15)17(11-20)16-8-7-14(19)9-12(16)2/h4-10,17H,3,11,20H2,1-2H3. The van der Waals surface area contributed by atoms with Crippen LogP contribution in [0.15, 0.2) is 42.5 Å². The maximum atomic E-state index is 13.5. The van der Waals surface area contributed by atoms with Crippen molar-refractivity contribution in [1.82, 2.24) is 0 Å². The van der Waals surface area contributed by atoms with Gasteiger partial charge in [-0.3, -0.25) is 0 Å². The monoisotopic (exact) mass is 290 g/mol. The molecule has 2 rings (SSSR count). The first-order valence-electron chi connectivity index (χ1n) is 7.05. The van der Waals surface area contributed by atoms with Crippen molar-refractivity contribution in [3.8, 4) is 0 Å². The Balaban J connectivity index is 2.42. The summed E-state index contributed by atoms with van der Waals surface area (Å²) in [6.07, 6.45) is 0. The smallest absolute Gasteiger partial charge is 0.125 e. The second kappa shape index (κ2) is 6.68. The molecule has 2 aromatic rings. The van der Waals surface area contributed by atoms with Crippen molar-refractivity contribution in [3.63, 3.8) is 0 Å². The van der Waals surface area contributed by atoms with E-state index < -0.39 is 0 Å². The van der Waals surface area contributed by atoms with Gasteiger partial charge in [0.1, 0.15) is 11.6 Å². The lowest BCUT2D eigenvalue weighted by Crippen LogP contribution is -2.34. The highest BCUT2D eigenvalue weighted by molar-refractivity contribution is 5.50. The minimum atomic E-state index is -0.280. The quantitative estimate of drug-likeness (QED) is 0.907. The molecule has 0 amide bonds. The predicted octanol–water partition coefficient (Wildman–Crippen LogP) is 3.80. The summed E-state index contributed by atoms with van der Waals surface area (Å²) in [6.45, 7) is 4.91. The molecule has 0 aromatic heterocycles. The first kappa shape index (κ1) is 15.4. The van der Waals surface area contributed by atoms with Crippen molar-refractivity contribution < 1.29 is 8.78 Å². The normalized spacial score (nSPS) is 12.2. The maximum absolute atomic E-state index is 13.5. The number of rotatable bonds is 5. The third-order valence-electron chi connectivity index (χ3n) is 3.67. The first-order valence-corrected chi connectivity index (χ1v) is 7.05. The molecule has 0 saturated carbocycles. The maximum Gasteiger partial charge on any atom is 0.125 e. The number of nitrogens with two attached hydrogens (primary N) is 1. The van der Waals surface area contributed by atoms with E-state index in [2.05, 4.69) is 0 Å². The average molecular weight is 290 g/mol. The van der Waals surface area contributed by atoms with E-state index in [0.717, 1.165) is 16.8 Å². The minimum absolute atomic E-state index is 0.114. The molecule has 2 N–H and O–H groups in total. The van der Waals surface area contributed by atoms with E-state index in [4.69, 9.17) is 5.73 Å². The van der Waals surface area contributed by atoms with Crippen molar-refractivity contribution in [1.29, 1.82) is 0 Å². The van der Waals surface area contributed by atoms with Gasteiger partial charge in [-0.05, 0) is 55.3 Å². The fourth-order valence-electron chi connectivity index (χ4n) is 2.67. The SMILES string of the molecule is CCN(c1cccc(F)c1)C(CN)c1ccc(F)cc1C. The number of hydrogen-bond acceptors (Lipinski definition) is 2. The van der Waals surface area contributed by atoms with Crippen LogP contribution in [0.4, 0.5) is 14.5 Å². The Morgan fingerprint density at radius 3 is 2.38 bits per heavy atom. The summed E-state index contributed by atoms with van der Waals surface area (Å²) in [5, 5.41) is 0. The van der Waals surface area contributed by atoms with Gasteiger partial charge in [-0.2, -0.15) is 0 Å². The van der Waals surface area contributed by atoms with E-state index in [-0.39, 0.29) is 17.7 Å². The van der Waals surface area contributed by atoms with Crippen LogP contribution in [-0.2, 0) is 0 Å². The number of halogens is 2. The van der Waals surface area contributed by atoms with Gasteiger partial charge in [0, 0.05) is 18.8 Å². The van der Waals surface area contributed by atoms with Gasteiger partial charge in [0.05, 0.1) is 6.04 Å². The highest BCUT2D eigenvalue weighted by Gasteiger charge is 2.20. The first-order chi connectivity index (χ1) is 10.1. The molecule has 0 aliphatic rings. The van der Waals surface area contributed by atoms with Crippen LogP contribution in [0.5, 0.6) is 0 Å². The molecule has 0 heterocycles. The Morgan fingerprint density at radius 1 is 1.10 bits per heavy atom. The molecular weight excluding hydrogens is 270 g/mol.